The Kier molecular flexibility index (Phi) is 7.25. The second kappa shape index (κ2) is 8.95. The van der Waals surface area contributed by atoms with Crippen LogP contribution < -0.4 is 5.73 Å². The van der Waals surface area contributed by atoms with Crippen molar-refractivity contribution in [2.45, 2.75) is 83.8 Å². The zero-order valence-electron chi connectivity index (χ0n) is 14.1. The van der Waals surface area contributed by atoms with Gasteiger partial charge in [-0.05, 0) is 56.3 Å². The van der Waals surface area contributed by atoms with Crippen LogP contribution in [0.3, 0.4) is 0 Å². The monoisotopic (exact) mass is 293 g/mol. The van der Waals surface area contributed by atoms with Crippen LogP contribution in [0.15, 0.2) is 12.2 Å². The van der Waals surface area contributed by atoms with Gasteiger partial charge in [-0.2, -0.15) is 0 Å². The fraction of sp³-hybridized carbons (Fsp3) is 0.895. The Morgan fingerprint density at radius 3 is 2.48 bits per heavy atom. The molecule has 2 N–H and O–H groups in total. The van der Waals surface area contributed by atoms with Crippen molar-refractivity contribution < 1.29 is 4.74 Å². The van der Waals surface area contributed by atoms with Crippen molar-refractivity contribution in [3.8, 4) is 0 Å². The highest BCUT2D eigenvalue weighted by Gasteiger charge is 2.27. The topological polar surface area (TPSA) is 35.2 Å². The minimum atomic E-state index is 0.296. The van der Waals surface area contributed by atoms with E-state index in [9.17, 15) is 0 Å². The van der Waals surface area contributed by atoms with Crippen LogP contribution in [0, 0.1) is 17.8 Å². The van der Waals surface area contributed by atoms with Gasteiger partial charge in [-0.15, -0.1) is 0 Å². The van der Waals surface area contributed by atoms with Crippen molar-refractivity contribution in [3.05, 3.63) is 12.2 Å². The van der Waals surface area contributed by atoms with E-state index in [2.05, 4.69) is 26.0 Å². The van der Waals surface area contributed by atoms with E-state index in [-0.39, 0.29) is 0 Å². The van der Waals surface area contributed by atoms with Crippen LogP contribution in [-0.4, -0.2) is 18.8 Å². The summed E-state index contributed by atoms with van der Waals surface area (Å²) < 4.78 is 5.94. The van der Waals surface area contributed by atoms with Gasteiger partial charge in [-0.1, -0.05) is 45.3 Å². The van der Waals surface area contributed by atoms with Gasteiger partial charge >= 0.3 is 0 Å². The third-order valence-corrected chi connectivity index (χ3v) is 5.45. The molecule has 122 valence electrons. The minimum absolute atomic E-state index is 0.296. The highest BCUT2D eigenvalue weighted by atomic mass is 16.5. The first kappa shape index (κ1) is 17.0. The van der Waals surface area contributed by atoms with Crippen LogP contribution in [-0.2, 0) is 4.74 Å². The summed E-state index contributed by atoms with van der Waals surface area (Å²) in [6.45, 7) is 5.51. The molecule has 3 atom stereocenters. The average Bonchev–Trinajstić information content (AvgIpc) is 2.48. The largest absolute Gasteiger partial charge is 0.378 e. The molecule has 2 aliphatic carbocycles. The predicted molar refractivity (Wildman–Crippen MR) is 90.2 cm³/mol. The van der Waals surface area contributed by atoms with Gasteiger partial charge in [0.1, 0.15) is 0 Å². The van der Waals surface area contributed by atoms with Gasteiger partial charge < -0.3 is 10.5 Å². The highest BCUT2D eigenvalue weighted by Crippen LogP contribution is 2.31. The Bertz CT molecular complexity index is 307. The molecule has 0 aromatic rings. The normalized spacial score (nSPS) is 38.0. The summed E-state index contributed by atoms with van der Waals surface area (Å²) in [7, 11) is 0. The first-order chi connectivity index (χ1) is 10.2. The van der Waals surface area contributed by atoms with E-state index in [1.807, 2.05) is 0 Å². The van der Waals surface area contributed by atoms with Crippen LogP contribution in [0.2, 0.25) is 0 Å². The van der Waals surface area contributed by atoms with Gasteiger partial charge in [0.2, 0.25) is 0 Å². The molecule has 0 amide bonds. The third-order valence-electron chi connectivity index (χ3n) is 5.45. The van der Waals surface area contributed by atoms with E-state index in [1.54, 1.807) is 0 Å². The van der Waals surface area contributed by atoms with Gasteiger partial charge in [0.05, 0.1) is 6.10 Å². The molecule has 0 saturated heterocycles. The molecule has 2 saturated carbocycles. The molecule has 3 unspecified atom stereocenters. The lowest BCUT2D eigenvalue weighted by Gasteiger charge is -2.33. The zero-order chi connectivity index (χ0) is 15.1. The quantitative estimate of drug-likeness (QED) is 0.570. The lowest BCUT2D eigenvalue weighted by atomic mass is 9.80. The fourth-order valence-electron chi connectivity index (χ4n) is 3.75. The second-order valence-electron chi connectivity index (χ2n) is 7.39. The molecule has 0 aromatic carbocycles. The van der Waals surface area contributed by atoms with E-state index in [1.165, 1.54) is 51.4 Å². The Hall–Kier alpha value is -0.340. The SMILES string of the molecule is CCCCOC1CCC(C=CC2CCC(C)CC2)C(N)C1. The Balaban J connectivity index is 1.70. The molecule has 0 radical (unpaired) electrons. The maximum absolute atomic E-state index is 6.38. The molecule has 0 bridgehead atoms. The molecule has 2 fully saturated rings. The van der Waals surface area contributed by atoms with Crippen LogP contribution >= 0.6 is 0 Å². The lowest BCUT2D eigenvalue weighted by molar-refractivity contribution is 0.0149. The van der Waals surface area contributed by atoms with Crippen molar-refractivity contribution in [2.24, 2.45) is 23.5 Å². The number of unbranched alkanes of at least 4 members (excludes halogenated alkanes) is 1. The molecule has 0 spiro atoms. The smallest absolute Gasteiger partial charge is 0.0590 e. The molecule has 21 heavy (non-hydrogen) atoms. The molecule has 2 heteroatoms. The van der Waals surface area contributed by atoms with Gasteiger partial charge in [-0.3, -0.25) is 0 Å². The molecule has 2 nitrogen and oxygen atoms in total. The van der Waals surface area contributed by atoms with E-state index in [0.717, 1.165) is 24.9 Å². The number of hydrogen-bond acceptors (Lipinski definition) is 2. The van der Waals surface area contributed by atoms with Crippen molar-refractivity contribution >= 4 is 0 Å². The van der Waals surface area contributed by atoms with Gasteiger partial charge in [0.15, 0.2) is 0 Å². The average molecular weight is 293 g/mol. The van der Waals surface area contributed by atoms with Crippen LogP contribution in [0.25, 0.3) is 0 Å². The zero-order valence-corrected chi connectivity index (χ0v) is 14.1. The number of rotatable bonds is 6. The maximum Gasteiger partial charge on any atom is 0.0590 e. The van der Waals surface area contributed by atoms with Crippen LogP contribution in [0.5, 0.6) is 0 Å². The Morgan fingerprint density at radius 1 is 1.05 bits per heavy atom. The van der Waals surface area contributed by atoms with Crippen molar-refractivity contribution in [3.63, 3.8) is 0 Å². The standard InChI is InChI=1S/C19H35NO/c1-3-4-13-21-18-12-11-17(19(20)14-18)10-9-16-7-5-15(2)6-8-16/h9-10,15-19H,3-8,11-14,20H2,1-2H3. The van der Waals surface area contributed by atoms with Gasteiger partial charge in [-0.25, -0.2) is 0 Å². The van der Waals surface area contributed by atoms with Crippen molar-refractivity contribution in [2.75, 3.05) is 6.61 Å². The number of allylic oxidation sites excluding steroid dienone is 1. The molecular formula is C19H35NO. The predicted octanol–water partition coefficient (Wildman–Crippen LogP) is 4.68. The maximum atomic E-state index is 6.38. The van der Waals surface area contributed by atoms with Crippen LogP contribution in [0.4, 0.5) is 0 Å². The van der Waals surface area contributed by atoms with Crippen molar-refractivity contribution in [1.29, 1.82) is 0 Å². The summed E-state index contributed by atoms with van der Waals surface area (Å²) in [5, 5.41) is 0. The summed E-state index contributed by atoms with van der Waals surface area (Å²) in [5.41, 5.74) is 6.38. The summed E-state index contributed by atoms with van der Waals surface area (Å²) in [4.78, 5) is 0. The summed E-state index contributed by atoms with van der Waals surface area (Å²) in [6, 6.07) is 0.296. The lowest BCUT2D eigenvalue weighted by Crippen LogP contribution is -2.39. The van der Waals surface area contributed by atoms with Gasteiger partial charge in [0, 0.05) is 12.6 Å². The number of nitrogens with two attached hydrogens (primary N) is 1. The Labute approximate surface area is 131 Å². The molecular weight excluding hydrogens is 258 g/mol. The molecule has 2 rings (SSSR count). The van der Waals surface area contributed by atoms with Crippen molar-refractivity contribution in [1.82, 2.24) is 0 Å². The first-order valence-corrected chi connectivity index (χ1v) is 9.24. The highest BCUT2D eigenvalue weighted by molar-refractivity contribution is 5.00. The van der Waals surface area contributed by atoms with E-state index in [0.29, 0.717) is 18.1 Å². The Morgan fingerprint density at radius 2 is 1.81 bits per heavy atom. The fourth-order valence-corrected chi connectivity index (χ4v) is 3.75. The third kappa shape index (κ3) is 5.75. The second-order valence-corrected chi connectivity index (χ2v) is 7.39. The summed E-state index contributed by atoms with van der Waals surface area (Å²) >= 11 is 0. The number of hydrogen-bond donors (Lipinski definition) is 1. The minimum Gasteiger partial charge on any atom is -0.378 e. The van der Waals surface area contributed by atoms with E-state index < -0.39 is 0 Å². The van der Waals surface area contributed by atoms with E-state index in [4.69, 9.17) is 10.5 Å². The first-order valence-electron chi connectivity index (χ1n) is 9.24. The summed E-state index contributed by atoms with van der Waals surface area (Å²) in [5.74, 6) is 2.33. The molecule has 0 aromatic heterocycles. The number of ether oxygens (including phenoxy) is 1. The van der Waals surface area contributed by atoms with E-state index >= 15 is 0 Å². The molecule has 2 aliphatic rings. The molecule has 0 aliphatic heterocycles. The molecule has 0 heterocycles. The summed E-state index contributed by atoms with van der Waals surface area (Å²) in [6.07, 6.45) is 16.7. The van der Waals surface area contributed by atoms with Crippen LogP contribution in [0.1, 0.15) is 71.6 Å². The van der Waals surface area contributed by atoms with Gasteiger partial charge in [0.25, 0.3) is 0 Å².